The zero-order valence-corrected chi connectivity index (χ0v) is 16.6. The van der Waals surface area contributed by atoms with Gasteiger partial charge in [0.05, 0.1) is 27.4 Å². The van der Waals surface area contributed by atoms with E-state index in [-0.39, 0.29) is 45.3 Å². The van der Waals surface area contributed by atoms with Crippen molar-refractivity contribution in [3.8, 4) is 0 Å². The second-order valence-corrected chi connectivity index (χ2v) is 7.47. The molecule has 3 heterocycles. The zero-order chi connectivity index (χ0) is 20.7. The van der Waals surface area contributed by atoms with Crippen LogP contribution in [0.1, 0.15) is 31.3 Å². The number of hydrogen-bond acceptors (Lipinski definition) is 5. The van der Waals surface area contributed by atoms with Crippen molar-refractivity contribution in [2.75, 3.05) is 32.7 Å². The van der Waals surface area contributed by atoms with Gasteiger partial charge in [-0.3, -0.25) is 24.1 Å². The van der Waals surface area contributed by atoms with Crippen molar-refractivity contribution in [2.45, 2.75) is 0 Å². The number of hydrogen-bond donors (Lipinski definition) is 0. The molecule has 1 aromatic heterocycles. The lowest BCUT2D eigenvalue weighted by Gasteiger charge is -2.34. The first-order chi connectivity index (χ1) is 13.9. The molecule has 0 radical (unpaired) electrons. The Kier molecular flexibility index (Phi) is 5.06. The third-order valence-corrected chi connectivity index (χ3v) is 5.68. The summed E-state index contributed by atoms with van der Waals surface area (Å²) in [6.45, 7) is 0.878. The van der Waals surface area contributed by atoms with Gasteiger partial charge in [0.1, 0.15) is 6.54 Å². The molecule has 0 unspecified atom stereocenters. The minimum atomic E-state index is -0.580. The first-order valence-corrected chi connectivity index (χ1v) is 9.58. The monoisotopic (exact) mass is 435 g/mol. The number of imide groups is 1. The number of fused-ring (bicyclic) bond motifs is 1. The van der Waals surface area contributed by atoms with Crippen molar-refractivity contribution in [1.82, 2.24) is 14.7 Å². The molecule has 29 heavy (non-hydrogen) atoms. The maximum atomic E-state index is 12.6. The molecule has 8 nitrogen and oxygen atoms in total. The molecule has 10 heteroatoms. The van der Waals surface area contributed by atoms with E-state index in [2.05, 4.69) is 0 Å². The van der Waals surface area contributed by atoms with E-state index >= 15 is 0 Å². The van der Waals surface area contributed by atoms with Gasteiger partial charge >= 0.3 is 0 Å². The Labute approximate surface area is 175 Å². The fourth-order valence-electron chi connectivity index (χ4n) is 3.38. The van der Waals surface area contributed by atoms with E-state index in [0.29, 0.717) is 26.2 Å². The molecule has 0 aliphatic carbocycles. The lowest BCUT2D eigenvalue weighted by atomic mass is 10.1. The van der Waals surface area contributed by atoms with E-state index in [1.165, 1.54) is 23.3 Å². The Balaban J connectivity index is 1.39. The first-order valence-electron chi connectivity index (χ1n) is 8.82. The minimum absolute atomic E-state index is 0.131. The second-order valence-electron chi connectivity index (χ2n) is 6.66. The van der Waals surface area contributed by atoms with Gasteiger partial charge in [0.25, 0.3) is 17.7 Å². The van der Waals surface area contributed by atoms with Crippen molar-refractivity contribution in [3.05, 3.63) is 57.5 Å². The van der Waals surface area contributed by atoms with E-state index in [1.54, 1.807) is 17.0 Å². The number of benzene rings is 1. The number of piperazine rings is 1. The molecule has 0 bridgehead atoms. The Bertz CT molecular complexity index is 972. The summed E-state index contributed by atoms with van der Waals surface area (Å²) in [6, 6.07) is 5.89. The molecule has 2 aromatic rings. The van der Waals surface area contributed by atoms with Gasteiger partial charge in [-0.2, -0.15) is 0 Å². The molecule has 1 aromatic carbocycles. The molecule has 1 saturated heterocycles. The number of carbonyl (C=O) groups excluding carboxylic acids is 4. The Morgan fingerprint density at radius 1 is 0.931 bits per heavy atom. The SMILES string of the molecule is O=C(CN1C(=O)c2cc(Cl)c(Cl)cc2C1=O)N1CCN(C(=O)c2ccco2)CC1. The van der Waals surface area contributed by atoms with Gasteiger partial charge in [-0.15, -0.1) is 0 Å². The van der Waals surface area contributed by atoms with Crippen LogP contribution in [-0.2, 0) is 4.79 Å². The Hall–Kier alpha value is -2.84. The molecular formula is C19H15Cl2N3O5. The standard InChI is InChI=1S/C19H15Cl2N3O5/c20-13-8-11-12(9-14(13)21)18(27)24(17(11)26)10-16(25)22-3-5-23(6-4-22)19(28)15-2-1-7-29-15/h1-2,7-9H,3-6,10H2. The third kappa shape index (κ3) is 3.49. The molecule has 0 atom stereocenters. The molecular weight excluding hydrogens is 421 g/mol. The number of rotatable bonds is 3. The van der Waals surface area contributed by atoms with Crippen LogP contribution in [0, 0.1) is 0 Å². The quantitative estimate of drug-likeness (QED) is 0.688. The molecule has 2 aliphatic rings. The van der Waals surface area contributed by atoms with E-state index < -0.39 is 11.8 Å². The second kappa shape index (κ2) is 7.53. The zero-order valence-electron chi connectivity index (χ0n) is 15.1. The van der Waals surface area contributed by atoms with Crippen LogP contribution in [0.25, 0.3) is 0 Å². The highest BCUT2D eigenvalue weighted by Gasteiger charge is 2.38. The molecule has 4 rings (SSSR count). The maximum absolute atomic E-state index is 12.6. The highest BCUT2D eigenvalue weighted by atomic mass is 35.5. The van der Waals surface area contributed by atoms with Crippen LogP contribution in [0.15, 0.2) is 34.9 Å². The van der Waals surface area contributed by atoms with Crippen LogP contribution in [0.4, 0.5) is 0 Å². The van der Waals surface area contributed by atoms with E-state index in [0.717, 1.165) is 4.90 Å². The van der Waals surface area contributed by atoms with Crippen LogP contribution in [-0.4, -0.2) is 71.1 Å². The molecule has 2 aliphatic heterocycles. The molecule has 150 valence electrons. The normalized spacial score (nSPS) is 16.4. The number of carbonyl (C=O) groups is 4. The van der Waals surface area contributed by atoms with Gasteiger partial charge in [-0.05, 0) is 24.3 Å². The summed E-state index contributed by atoms with van der Waals surface area (Å²) in [6.07, 6.45) is 1.43. The molecule has 4 amide bonds. The lowest BCUT2D eigenvalue weighted by Crippen LogP contribution is -2.53. The molecule has 1 fully saturated rings. The summed E-state index contributed by atoms with van der Waals surface area (Å²) in [5.41, 5.74) is 0.261. The summed E-state index contributed by atoms with van der Waals surface area (Å²) < 4.78 is 5.11. The number of furan rings is 1. The van der Waals surface area contributed by atoms with Gasteiger partial charge in [0.15, 0.2) is 5.76 Å². The Morgan fingerprint density at radius 2 is 1.48 bits per heavy atom. The van der Waals surface area contributed by atoms with Gasteiger partial charge in [-0.25, -0.2) is 0 Å². The van der Waals surface area contributed by atoms with Crippen LogP contribution >= 0.6 is 23.2 Å². The highest BCUT2D eigenvalue weighted by Crippen LogP contribution is 2.31. The van der Waals surface area contributed by atoms with Gasteiger partial charge in [0.2, 0.25) is 5.91 Å². The van der Waals surface area contributed by atoms with Crippen LogP contribution in [0.5, 0.6) is 0 Å². The summed E-state index contributed by atoms with van der Waals surface area (Å²) >= 11 is 11.9. The van der Waals surface area contributed by atoms with Crippen molar-refractivity contribution >= 4 is 46.8 Å². The van der Waals surface area contributed by atoms with Crippen LogP contribution in [0.3, 0.4) is 0 Å². The van der Waals surface area contributed by atoms with E-state index in [9.17, 15) is 19.2 Å². The summed E-state index contributed by atoms with van der Waals surface area (Å²) in [5, 5.41) is 0.328. The van der Waals surface area contributed by atoms with Crippen molar-refractivity contribution in [1.29, 1.82) is 0 Å². The lowest BCUT2D eigenvalue weighted by molar-refractivity contribution is -0.132. The fourth-order valence-corrected chi connectivity index (χ4v) is 3.70. The van der Waals surface area contributed by atoms with Crippen molar-refractivity contribution < 1.29 is 23.6 Å². The molecule has 0 N–H and O–H groups in total. The van der Waals surface area contributed by atoms with Crippen molar-refractivity contribution in [3.63, 3.8) is 0 Å². The summed E-state index contributed by atoms with van der Waals surface area (Å²) in [5.74, 6) is -1.53. The number of amides is 4. The first kappa shape index (κ1) is 19.5. The summed E-state index contributed by atoms with van der Waals surface area (Å²) in [7, 11) is 0. The predicted molar refractivity (Wildman–Crippen MR) is 103 cm³/mol. The number of halogens is 2. The number of nitrogens with zero attached hydrogens (tertiary/aromatic N) is 3. The van der Waals surface area contributed by atoms with E-state index in [4.69, 9.17) is 27.6 Å². The minimum Gasteiger partial charge on any atom is -0.459 e. The molecule has 0 saturated carbocycles. The third-order valence-electron chi connectivity index (χ3n) is 4.96. The maximum Gasteiger partial charge on any atom is 0.289 e. The topological polar surface area (TPSA) is 91.1 Å². The van der Waals surface area contributed by atoms with E-state index in [1.807, 2.05) is 0 Å². The molecule has 0 spiro atoms. The largest absolute Gasteiger partial charge is 0.459 e. The predicted octanol–water partition coefficient (Wildman–Crippen LogP) is 2.17. The van der Waals surface area contributed by atoms with Crippen LogP contribution in [0.2, 0.25) is 10.0 Å². The fraction of sp³-hybridized carbons (Fsp3) is 0.263. The van der Waals surface area contributed by atoms with Gasteiger partial charge in [0, 0.05) is 26.2 Å². The average Bonchev–Trinajstić information content (AvgIpc) is 3.33. The van der Waals surface area contributed by atoms with Gasteiger partial charge < -0.3 is 14.2 Å². The smallest absolute Gasteiger partial charge is 0.289 e. The van der Waals surface area contributed by atoms with Crippen LogP contribution < -0.4 is 0 Å². The average molecular weight is 436 g/mol. The Morgan fingerprint density at radius 3 is 2.00 bits per heavy atom. The summed E-state index contributed by atoms with van der Waals surface area (Å²) in [4.78, 5) is 54.0. The van der Waals surface area contributed by atoms with Crippen molar-refractivity contribution in [2.24, 2.45) is 0 Å². The highest BCUT2D eigenvalue weighted by molar-refractivity contribution is 6.43. The van der Waals surface area contributed by atoms with Gasteiger partial charge in [-0.1, -0.05) is 23.2 Å².